The summed E-state index contributed by atoms with van der Waals surface area (Å²) in [4.78, 5) is 21.5. The van der Waals surface area contributed by atoms with Gasteiger partial charge in [-0.25, -0.2) is 14.8 Å². The van der Waals surface area contributed by atoms with Crippen LogP contribution >= 0.6 is 11.3 Å². The summed E-state index contributed by atoms with van der Waals surface area (Å²) < 4.78 is 10.4. The van der Waals surface area contributed by atoms with Crippen LogP contribution in [-0.2, 0) is 10.3 Å². The summed E-state index contributed by atoms with van der Waals surface area (Å²) >= 11 is 1.30. The molecule has 0 aliphatic carbocycles. The fourth-order valence-electron chi connectivity index (χ4n) is 2.47. The molecule has 0 amide bonds. The zero-order chi connectivity index (χ0) is 20.7. The molecule has 3 N–H and O–H groups in total. The Morgan fingerprint density at radius 3 is 2.86 bits per heavy atom. The summed E-state index contributed by atoms with van der Waals surface area (Å²) in [6.45, 7) is 10.2. The van der Waals surface area contributed by atoms with E-state index in [4.69, 9.17) is 9.15 Å². The highest BCUT2D eigenvalue weighted by molar-refractivity contribution is 7.13. The summed E-state index contributed by atoms with van der Waals surface area (Å²) in [6.07, 6.45) is 1.52. The SMILES string of the molecule is CCNC(=NCC(C)(O)c1ccco1)NC(C)c1nc(C)c(C(=O)OCC)s1. The standard InChI is InChI=1S/C19H28N4O4S/c1-6-20-18(21-11-19(5,25)14-9-8-10-27-14)23-13(4)16-22-12(3)15(28-16)17(24)26-7-2/h8-10,13,25H,6-7,11H2,1-5H3,(H2,20,21,23). The van der Waals surface area contributed by atoms with Crippen LogP contribution in [0.1, 0.15) is 59.9 Å². The zero-order valence-electron chi connectivity index (χ0n) is 16.9. The molecule has 0 aliphatic heterocycles. The van der Waals surface area contributed by atoms with E-state index in [0.29, 0.717) is 35.4 Å². The number of carbonyl (C=O) groups is 1. The number of nitrogens with one attached hydrogen (secondary N) is 2. The third-order valence-electron chi connectivity index (χ3n) is 3.94. The molecule has 28 heavy (non-hydrogen) atoms. The van der Waals surface area contributed by atoms with Gasteiger partial charge < -0.3 is 24.9 Å². The molecule has 0 saturated heterocycles. The number of aliphatic imine (C=N–C) groups is 1. The number of furan rings is 1. The molecule has 0 saturated carbocycles. The number of thiazole rings is 1. The number of aromatic nitrogens is 1. The second-order valence-corrected chi connectivity index (χ2v) is 7.53. The van der Waals surface area contributed by atoms with Gasteiger partial charge >= 0.3 is 5.97 Å². The van der Waals surface area contributed by atoms with E-state index >= 15 is 0 Å². The number of aryl methyl sites for hydroxylation is 1. The van der Waals surface area contributed by atoms with E-state index in [1.807, 2.05) is 13.8 Å². The van der Waals surface area contributed by atoms with Gasteiger partial charge in [-0.1, -0.05) is 0 Å². The van der Waals surface area contributed by atoms with Crippen molar-refractivity contribution in [2.45, 2.75) is 46.3 Å². The van der Waals surface area contributed by atoms with Crippen LogP contribution in [0.3, 0.4) is 0 Å². The van der Waals surface area contributed by atoms with E-state index in [0.717, 1.165) is 5.01 Å². The first-order valence-electron chi connectivity index (χ1n) is 9.24. The monoisotopic (exact) mass is 408 g/mol. The van der Waals surface area contributed by atoms with Gasteiger partial charge in [0.15, 0.2) is 5.96 Å². The lowest BCUT2D eigenvalue weighted by Gasteiger charge is -2.21. The number of carbonyl (C=O) groups excluding carboxylic acids is 1. The highest BCUT2D eigenvalue weighted by atomic mass is 32.1. The topological polar surface area (TPSA) is 109 Å². The Hall–Kier alpha value is -2.39. The Morgan fingerprint density at radius 2 is 2.25 bits per heavy atom. The van der Waals surface area contributed by atoms with Gasteiger partial charge in [-0.2, -0.15) is 0 Å². The summed E-state index contributed by atoms with van der Waals surface area (Å²) in [5.41, 5.74) is -0.570. The van der Waals surface area contributed by atoms with Gasteiger partial charge in [0, 0.05) is 6.54 Å². The van der Waals surface area contributed by atoms with Crippen LogP contribution in [-0.4, -0.2) is 41.7 Å². The second kappa shape index (κ2) is 9.70. The molecule has 0 aromatic carbocycles. The first-order chi connectivity index (χ1) is 13.3. The molecule has 8 nitrogen and oxygen atoms in total. The van der Waals surface area contributed by atoms with E-state index in [2.05, 4.69) is 20.6 Å². The number of hydrogen-bond donors (Lipinski definition) is 3. The Balaban J connectivity index is 2.11. The minimum Gasteiger partial charge on any atom is -0.466 e. The predicted octanol–water partition coefficient (Wildman–Crippen LogP) is 2.75. The van der Waals surface area contributed by atoms with Gasteiger partial charge in [-0.3, -0.25) is 0 Å². The van der Waals surface area contributed by atoms with Crippen molar-refractivity contribution in [2.24, 2.45) is 4.99 Å². The lowest BCUT2D eigenvalue weighted by molar-refractivity contribution is 0.0436. The van der Waals surface area contributed by atoms with Gasteiger partial charge in [-0.15, -0.1) is 11.3 Å². The van der Waals surface area contributed by atoms with Gasteiger partial charge in [0.1, 0.15) is 21.2 Å². The Kier molecular flexibility index (Phi) is 7.59. The molecule has 2 rings (SSSR count). The predicted molar refractivity (Wildman–Crippen MR) is 109 cm³/mol. The zero-order valence-corrected chi connectivity index (χ0v) is 17.7. The summed E-state index contributed by atoms with van der Waals surface area (Å²) in [5.74, 6) is 0.633. The molecule has 0 fully saturated rings. The van der Waals surface area contributed by atoms with Crippen molar-refractivity contribution in [3.63, 3.8) is 0 Å². The molecular weight excluding hydrogens is 380 g/mol. The van der Waals surface area contributed by atoms with Crippen LogP contribution in [0.25, 0.3) is 0 Å². The molecule has 9 heteroatoms. The minimum absolute atomic E-state index is 0.119. The Morgan fingerprint density at radius 1 is 1.50 bits per heavy atom. The van der Waals surface area contributed by atoms with E-state index in [9.17, 15) is 9.90 Å². The third kappa shape index (κ3) is 5.56. The van der Waals surface area contributed by atoms with Crippen LogP contribution in [0.5, 0.6) is 0 Å². The molecule has 0 bridgehead atoms. The number of guanidine groups is 1. The molecule has 154 valence electrons. The van der Waals surface area contributed by atoms with E-state index in [1.54, 1.807) is 32.9 Å². The van der Waals surface area contributed by atoms with E-state index in [1.165, 1.54) is 17.6 Å². The van der Waals surface area contributed by atoms with E-state index < -0.39 is 5.60 Å². The van der Waals surface area contributed by atoms with Crippen LogP contribution < -0.4 is 10.6 Å². The van der Waals surface area contributed by atoms with Gasteiger partial charge in [0.25, 0.3) is 0 Å². The summed E-state index contributed by atoms with van der Waals surface area (Å²) in [7, 11) is 0. The molecule has 2 atom stereocenters. The van der Waals surface area contributed by atoms with Crippen molar-refractivity contribution in [3.8, 4) is 0 Å². The molecule has 0 spiro atoms. The maximum atomic E-state index is 12.0. The maximum Gasteiger partial charge on any atom is 0.350 e. The number of aliphatic hydroxyl groups is 1. The average molecular weight is 409 g/mol. The average Bonchev–Trinajstić information content (AvgIpc) is 3.30. The molecule has 0 radical (unpaired) electrons. The first-order valence-corrected chi connectivity index (χ1v) is 10.1. The normalized spacial score (nSPS) is 15.0. The molecule has 2 unspecified atom stereocenters. The van der Waals surface area contributed by atoms with Crippen LogP contribution in [0.4, 0.5) is 0 Å². The Labute approximate surface area is 169 Å². The lowest BCUT2D eigenvalue weighted by atomic mass is 10.0. The van der Waals surface area contributed by atoms with Gasteiger partial charge in [-0.05, 0) is 46.8 Å². The van der Waals surface area contributed by atoms with Crippen LogP contribution in [0, 0.1) is 6.92 Å². The molecule has 0 aliphatic rings. The summed E-state index contributed by atoms with van der Waals surface area (Å²) in [6, 6.07) is 3.26. The van der Waals surface area contributed by atoms with Crippen molar-refractivity contribution >= 4 is 23.3 Å². The molecular formula is C19H28N4O4S. The van der Waals surface area contributed by atoms with Crippen LogP contribution in [0.15, 0.2) is 27.8 Å². The molecule has 2 heterocycles. The lowest BCUT2D eigenvalue weighted by Crippen LogP contribution is -2.40. The highest BCUT2D eigenvalue weighted by Crippen LogP contribution is 2.25. The first kappa shape index (κ1) is 21.9. The fourth-order valence-corrected chi connectivity index (χ4v) is 3.43. The van der Waals surface area contributed by atoms with Crippen molar-refractivity contribution in [1.82, 2.24) is 15.6 Å². The smallest absolute Gasteiger partial charge is 0.350 e. The molecule has 2 aromatic rings. The van der Waals surface area contributed by atoms with Gasteiger partial charge in [0.2, 0.25) is 0 Å². The second-order valence-electron chi connectivity index (χ2n) is 6.50. The number of rotatable bonds is 8. The number of nitrogens with zero attached hydrogens (tertiary/aromatic N) is 2. The third-order valence-corrected chi connectivity index (χ3v) is 5.26. The van der Waals surface area contributed by atoms with Crippen molar-refractivity contribution < 1.29 is 19.1 Å². The van der Waals surface area contributed by atoms with E-state index in [-0.39, 0.29) is 18.6 Å². The minimum atomic E-state index is -1.22. The van der Waals surface area contributed by atoms with Crippen molar-refractivity contribution in [1.29, 1.82) is 0 Å². The largest absolute Gasteiger partial charge is 0.466 e. The number of ether oxygens (including phenoxy) is 1. The molecule has 2 aromatic heterocycles. The van der Waals surface area contributed by atoms with Gasteiger partial charge in [0.05, 0.1) is 31.2 Å². The van der Waals surface area contributed by atoms with Crippen molar-refractivity contribution in [3.05, 3.63) is 39.7 Å². The Bertz CT molecular complexity index is 799. The quantitative estimate of drug-likeness (QED) is 0.350. The maximum absolute atomic E-state index is 12.0. The highest BCUT2D eigenvalue weighted by Gasteiger charge is 2.26. The summed E-state index contributed by atoms with van der Waals surface area (Å²) in [5, 5.41) is 17.7. The van der Waals surface area contributed by atoms with Crippen LogP contribution in [0.2, 0.25) is 0 Å². The number of hydrogen-bond acceptors (Lipinski definition) is 7. The van der Waals surface area contributed by atoms with Crippen molar-refractivity contribution in [2.75, 3.05) is 19.7 Å². The fraction of sp³-hybridized carbons (Fsp3) is 0.526. The number of esters is 1.